The molecule has 0 spiro atoms. The SMILES string of the molecule is CN(c1ccccc1)S(=O)(=O)c1ccc2c(c1)CNC2. The molecule has 104 valence electrons. The molecular formula is C15H16N2O2S. The van der Waals surface area contributed by atoms with E-state index in [0.29, 0.717) is 10.6 Å². The molecule has 0 atom stereocenters. The normalized spacial score (nSPS) is 14.1. The fraction of sp³-hybridized carbons (Fsp3) is 0.200. The van der Waals surface area contributed by atoms with Crippen LogP contribution in [0.5, 0.6) is 0 Å². The second-order valence-electron chi connectivity index (χ2n) is 4.84. The standard InChI is InChI=1S/C15H16N2O2S/c1-17(14-5-3-2-4-6-14)20(18,19)15-8-7-12-10-16-11-13(12)9-15/h2-9,16H,10-11H2,1H3. The Morgan fingerprint density at radius 3 is 2.45 bits per heavy atom. The van der Waals surface area contributed by atoms with Gasteiger partial charge < -0.3 is 5.32 Å². The maximum absolute atomic E-state index is 12.6. The van der Waals surface area contributed by atoms with E-state index in [-0.39, 0.29) is 0 Å². The monoisotopic (exact) mass is 288 g/mol. The lowest BCUT2D eigenvalue weighted by molar-refractivity contribution is 0.594. The zero-order valence-corrected chi connectivity index (χ0v) is 12.0. The summed E-state index contributed by atoms with van der Waals surface area (Å²) in [7, 11) is -1.93. The van der Waals surface area contributed by atoms with Crippen LogP contribution in [-0.2, 0) is 23.1 Å². The highest BCUT2D eigenvalue weighted by Crippen LogP contribution is 2.25. The van der Waals surface area contributed by atoms with Crippen LogP contribution in [0.1, 0.15) is 11.1 Å². The van der Waals surface area contributed by atoms with E-state index in [9.17, 15) is 8.42 Å². The van der Waals surface area contributed by atoms with Gasteiger partial charge in [0.2, 0.25) is 0 Å². The van der Waals surface area contributed by atoms with Crippen LogP contribution in [0.3, 0.4) is 0 Å². The van der Waals surface area contributed by atoms with Crippen LogP contribution in [0.15, 0.2) is 53.4 Å². The number of nitrogens with zero attached hydrogens (tertiary/aromatic N) is 1. The minimum atomic E-state index is -3.51. The van der Waals surface area contributed by atoms with Gasteiger partial charge >= 0.3 is 0 Å². The number of benzene rings is 2. The van der Waals surface area contributed by atoms with Gasteiger partial charge in [0.1, 0.15) is 0 Å². The molecule has 0 unspecified atom stereocenters. The van der Waals surface area contributed by atoms with Gasteiger partial charge in [0.15, 0.2) is 0 Å². The lowest BCUT2D eigenvalue weighted by Gasteiger charge is -2.19. The third kappa shape index (κ3) is 2.19. The summed E-state index contributed by atoms with van der Waals surface area (Å²) in [6.45, 7) is 1.54. The summed E-state index contributed by atoms with van der Waals surface area (Å²) >= 11 is 0. The molecule has 0 amide bonds. The molecular weight excluding hydrogens is 272 g/mol. The van der Waals surface area contributed by atoms with Crippen molar-refractivity contribution in [3.63, 3.8) is 0 Å². The van der Waals surface area contributed by atoms with Crippen molar-refractivity contribution in [2.75, 3.05) is 11.4 Å². The fourth-order valence-corrected chi connectivity index (χ4v) is 3.61. The Morgan fingerprint density at radius 2 is 1.70 bits per heavy atom. The molecule has 1 N–H and O–H groups in total. The number of sulfonamides is 1. The predicted octanol–water partition coefficient (Wildman–Crippen LogP) is 2.11. The van der Waals surface area contributed by atoms with E-state index in [1.807, 2.05) is 24.3 Å². The molecule has 1 aliphatic rings. The Hall–Kier alpha value is -1.85. The molecule has 4 nitrogen and oxygen atoms in total. The highest BCUT2D eigenvalue weighted by Gasteiger charge is 2.23. The van der Waals surface area contributed by atoms with Crippen molar-refractivity contribution >= 4 is 15.7 Å². The van der Waals surface area contributed by atoms with Gasteiger partial charge in [-0.1, -0.05) is 24.3 Å². The summed E-state index contributed by atoms with van der Waals surface area (Å²) in [5.74, 6) is 0. The largest absolute Gasteiger partial charge is 0.309 e. The number of fused-ring (bicyclic) bond motifs is 1. The molecule has 0 bridgehead atoms. The van der Waals surface area contributed by atoms with Crippen molar-refractivity contribution in [2.24, 2.45) is 0 Å². The maximum atomic E-state index is 12.6. The van der Waals surface area contributed by atoms with Gasteiger partial charge in [-0.15, -0.1) is 0 Å². The third-order valence-corrected chi connectivity index (χ3v) is 5.37. The van der Waals surface area contributed by atoms with Crippen molar-refractivity contribution in [1.29, 1.82) is 0 Å². The van der Waals surface area contributed by atoms with E-state index >= 15 is 0 Å². The average Bonchev–Trinajstić information content (AvgIpc) is 2.94. The molecule has 5 heteroatoms. The van der Waals surface area contributed by atoms with Crippen LogP contribution in [-0.4, -0.2) is 15.5 Å². The van der Waals surface area contributed by atoms with Crippen LogP contribution in [0, 0.1) is 0 Å². The molecule has 0 aliphatic carbocycles. The first-order chi connectivity index (χ1) is 9.59. The Bertz CT molecular complexity index is 727. The molecule has 0 fully saturated rings. The summed E-state index contributed by atoms with van der Waals surface area (Å²) in [6.07, 6.45) is 0. The zero-order valence-electron chi connectivity index (χ0n) is 11.2. The first-order valence-corrected chi connectivity index (χ1v) is 7.89. The first kappa shape index (κ1) is 13.1. The van der Waals surface area contributed by atoms with Crippen LogP contribution in [0.2, 0.25) is 0 Å². The average molecular weight is 288 g/mol. The van der Waals surface area contributed by atoms with Crippen molar-refractivity contribution in [3.05, 3.63) is 59.7 Å². The Morgan fingerprint density at radius 1 is 1.00 bits per heavy atom. The fourth-order valence-electron chi connectivity index (χ4n) is 2.37. The molecule has 0 saturated carbocycles. The topological polar surface area (TPSA) is 49.4 Å². The first-order valence-electron chi connectivity index (χ1n) is 6.45. The van der Waals surface area contributed by atoms with Gasteiger partial charge in [-0.05, 0) is 35.4 Å². The van der Waals surface area contributed by atoms with Gasteiger partial charge in [-0.3, -0.25) is 4.31 Å². The smallest absolute Gasteiger partial charge is 0.264 e. The van der Waals surface area contributed by atoms with Crippen molar-refractivity contribution in [1.82, 2.24) is 5.32 Å². The quantitative estimate of drug-likeness (QED) is 0.941. The van der Waals surface area contributed by atoms with Gasteiger partial charge in [0, 0.05) is 20.1 Å². The minimum absolute atomic E-state index is 0.339. The number of hydrogen-bond donors (Lipinski definition) is 1. The number of para-hydroxylation sites is 1. The molecule has 0 aromatic heterocycles. The Balaban J connectivity index is 2.00. The van der Waals surface area contributed by atoms with Crippen LogP contribution < -0.4 is 9.62 Å². The molecule has 1 heterocycles. The van der Waals surface area contributed by atoms with Gasteiger partial charge in [-0.25, -0.2) is 8.42 Å². The van der Waals surface area contributed by atoms with E-state index in [1.54, 1.807) is 31.3 Å². The summed E-state index contributed by atoms with van der Waals surface area (Å²) in [4.78, 5) is 0.339. The van der Waals surface area contributed by atoms with E-state index < -0.39 is 10.0 Å². The second kappa shape index (κ2) is 4.92. The second-order valence-corrected chi connectivity index (χ2v) is 6.81. The highest BCUT2D eigenvalue weighted by molar-refractivity contribution is 7.92. The Kier molecular flexibility index (Phi) is 3.23. The molecule has 2 aromatic carbocycles. The van der Waals surface area contributed by atoms with E-state index in [4.69, 9.17) is 0 Å². The summed E-state index contributed by atoms with van der Waals surface area (Å²) in [6, 6.07) is 14.4. The number of hydrogen-bond acceptors (Lipinski definition) is 3. The number of rotatable bonds is 3. The molecule has 0 saturated heterocycles. The van der Waals surface area contributed by atoms with E-state index in [0.717, 1.165) is 18.7 Å². The van der Waals surface area contributed by atoms with Crippen LogP contribution in [0.25, 0.3) is 0 Å². The minimum Gasteiger partial charge on any atom is -0.309 e. The summed E-state index contributed by atoms with van der Waals surface area (Å²) < 4.78 is 26.6. The highest BCUT2D eigenvalue weighted by atomic mass is 32.2. The molecule has 1 aliphatic heterocycles. The maximum Gasteiger partial charge on any atom is 0.264 e. The Labute approximate surface area is 119 Å². The van der Waals surface area contributed by atoms with E-state index in [2.05, 4.69) is 5.32 Å². The van der Waals surface area contributed by atoms with Crippen molar-refractivity contribution in [2.45, 2.75) is 18.0 Å². The lowest BCUT2D eigenvalue weighted by Crippen LogP contribution is -2.26. The molecule has 20 heavy (non-hydrogen) atoms. The van der Waals surface area contributed by atoms with Crippen molar-refractivity contribution in [3.8, 4) is 0 Å². The van der Waals surface area contributed by atoms with Gasteiger partial charge in [-0.2, -0.15) is 0 Å². The predicted molar refractivity (Wildman–Crippen MR) is 79.0 cm³/mol. The number of anilines is 1. The van der Waals surface area contributed by atoms with E-state index in [1.165, 1.54) is 9.87 Å². The van der Waals surface area contributed by atoms with Crippen LogP contribution >= 0.6 is 0 Å². The van der Waals surface area contributed by atoms with Gasteiger partial charge in [0.05, 0.1) is 10.6 Å². The van der Waals surface area contributed by atoms with Gasteiger partial charge in [0.25, 0.3) is 10.0 Å². The van der Waals surface area contributed by atoms with Crippen molar-refractivity contribution < 1.29 is 8.42 Å². The third-order valence-electron chi connectivity index (χ3n) is 3.59. The zero-order chi connectivity index (χ0) is 14.2. The molecule has 2 aromatic rings. The summed E-state index contributed by atoms with van der Waals surface area (Å²) in [5, 5.41) is 3.22. The lowest BCUT2D eigenvalue weighted by atomic mass is 10.1. The molecule has 3 rings (SSSR count). The van der Waals surface area contributed by atoms with Crippen LogP contribution in [0.4, 0.5) is 5.69 Å². The molecule has 0 radical (unpaired) electrons. The summed E-state index contributed by atoms with van der Waals surface area (Å²) in [5.41, 5.74) is 2.89. The number of nitrogens with one attached hydrogen (secondary N) is 1.